The molecule has 12 nitrogen and oxygen atoms in total. The Bertz CT molecular complexity index is 1300. The molecule has 1 atom stereocenters. The SMILES string of the molecule is COc1cc2c(cc1C(=O)Nc1cccc(-c3nnnn3[C@H](C)CO)n1)CN(C(=O)N1CCCC1)CC2. The molecule has 3 amide bonds. The first-order valence-corrected chi connectivity index (χ1v) is 12.4. The summed E-state index contributed by atoms with van der Waals surface area (Å²) in [7, 11) is 1.53. The Balaban J connectivity index is 1.37. The van der Waals surface area contributed by atoms with E-state index in [-0.39, 0.29) is 24.6 Å². The fraction of sp³-hybridized carbons (Fsp3) is 0.440. The van der Waals surface area contributed by atoms with Gasteiger partial charge in [-0.15, -0.1) is 5.10 Å². The van der Waals surface area contributed by atoms with E-state index in [1.165, 1.54) is 11.8 Å². The number of tetrazole rings is 1. The van der Waals surface area contributed by atoms with Crippen molar-refractivity contribution in [3.05, 3.63) is 47.0 Å². The van der Waals surface area contributed by atoms with Crippen LogP contribution in [-0.4, -0.2) is 85.4 Å². The third-order valence-corrected chi connectivity index (χ3v) is 6.82. The van der Waals surface area contributed by atoms with Gasteiger partial charge in [-0.2, -0.15) is 0 Å². The Labute approximate surface area is 214 Å². The lowest BCUT2D eigenvalue weighted by molar-refractivity contribution is 0.102. The molecule has 4 heterocycles. The summed E-state index contributed by atoms with van der Waals surface area (Å²) in [5, 5.41) is 24.0. The van der Waals surface area contributed by atoms with Gasteiger partial charge in [0.15, 0.2) is 0 Å². The van der Waals surface area contributed by atoms with E-state index in [1.54, 1.807) is 31.2 Å². The molecule has 1 saturated heterocycles. The van der Waals surface area contributed by atoms with Crippen molar-refractivity contribution in [2.75, 3.05) is 38.7 Å². The predicted octanol–water partition coefficient (Wildman–Crippen LogP) is 2.12. The molecule has 5 rings (SSSR count). The topological polar surface area (TPSA) is 139 Å². The molecule has 0 saturated carbocycles. The lowest BCUT2D eigenvalue weighted by atomic mass is 9.96. The Kier molecular flexibility index (Phi) is 6.99. The zero-order valence-corrected chi connectivity index (χ0v) is 20.9. The molecule has 3 aromatic rings. The number of urea groups is 1. The molecule has 2 aromatic heterocycles. The van der Waals surface area contributed by atoms with Crippen LogP contribution in [0.15, 0.2) is 30.3 Å². The molecule has 37 heavy (non-hydrogen) atoms. The molecule has 2 N–H and O–H groups in total. The number of anilines is 1. The minimum Gasteiger partial charge on any atom is -0.496 e. The molecule has 0 aliphatic carbocycles. The molecule has 2 aliphatic heterocycles. The number of carbonyl (C=O) groups excluding carboxylic acids is 2. The molecule has 194 valence electrons. The number of fused-ring (bicyclic) bond motifs is 1. The second-order valence-electron chi connectivity index (χ2n) is 9.31. The number of likely N-dealkylation sites (tertiary alicyclic amines) is 1. The van der Waals surface area contributed by atoms with Gasteiger partial charge >= 0.3 is 6.03 Å². The molecule has 0 radical (unpaired) electrons. The number of aliphatic hydroxyl groups is 1. The summed E-state index contributed by atoms with van der Waals surface area (Å²) in [6, 6.07) is 8.56. The number of rotatable bonds is 6. The first-order chi connectivity index (χ1) is 18.0. The summed E-state index contributed by atoms with van der Waals surface area (Å²) >= 11 is 0. The highest BCUT2D eigenvalue weighted by Crippen LogP contribution is 2.30. The number of hydrogen-bond donors (Lipinski definition) is 2. The number of pyridine rings is 1. The summed E-state index contributed by atoms with van der Waals surface area (Å²) < 4.78 is 7.02. The molecule has 1 fully saturated rings. The van der Waals surface area contributed by atoms with E-state index in [0.717, 1.165) is 37.1 Å². The number of hydrogen-bond acceptors (Lipinski definition) is 8. The van der Waals surface area contributed by atoms with Crippen molar-refractivity contribution < 1.29 is 19.4 Å². The highest BCUT2D eigenvalue weighted by molar-refractivity contribution is 6.06. The second-order valence-corrected chi connectivity index (χ2v) is 9.31. The molecule has 0 unspecified atom stereocenters. The first kappa shape index (κ1) is 24.6. The van der Waals surface area contributed by atoms with E-state index in [1.807, 2.05) is 15.9 Å². The van der Waals surface area contributed by atoms with Gasteiger partial charge in [-0.1, -0.05) is 6.07 Å². The van der Waals surface area contributed by atoms with Crippen molar-refractivity contribution in [2.45, 2.75) is 38.8 Å². The summed E-state index contributed by atoms with van der Waals surface area (Å²) in [6.45, 7) is 4.35. The number of ether oxygens (including phenoxy) is 1. The van der Waals surface area contributed by atoms with Gasteiger partial charge in [-0.05, 0) is 72.0 Å². The molecule has 12 heteroatoms. The number of aromatic nitrogens is 5. The smallest absolute Gasteiger partial charge is 0.320 e. The van der Waals surface area contributed by atoms with Crippen LogP contribution in [0.1, 0.15) is 47.3 Å². The minimum absolute atomic E-state index is 0.0591. The first-order valence-electron chi connectivity index (χ1n) is 12.4. The number of carbonyl (C=O) groups is 2. The van der Waals surface area contributed by atoms with Crippen molar-refractivity contribution in [1.29, 1.82) is 0 Å². The zero-order chi connectivity index (χ0) is 25.9. The van der Waals surface area contributed by atoms with Gasteiger partial charge in [-0.25, -0.2) is 14.5 Å². The van der Waals surface area contributed by atoms with Gasteiger partial charge in [0.1, 0.15) is 17.3 Å². The fourth-order valence-corrected chi connectivity index (χ4v) is 4.75. The molecule has 2 aliphatic rings. The van der Waals surface area contributed by atoms with Gasteiger partial charge in [-0.3, -0.25) is 4.79 Å². The van der Waals surface area contributed by atoms with E-state index in [4.69, 9.17) is 4.74 Å². The third kappa shape index (κ3) is 4.96. The Morgan fingerprint density at radius 1 is 1.14 bits per heavy atom. The van der Waals surface area contributed by atoms with Crippen LogP contribution in [0.2, 0.25) is 0 Å². The van der Waals surface area contributed by atoms with Crippen molar-refractivity contribution in [2.24, 2.45) is 0 Å². The number of methoxy groups -OCH3 is 1. The monoisotopic (exact) mass is 506 g/mol. The maximum Gasteiger partial charge on any atom is 0.320 e. The molecule has 1 aromatic carbocycles. The fourth-order valence-electron chi connectivity index (χ4n) is 4.75. The predicted molar refractivity (Wildman–Crippen MR) is 134 cm³/mol. The molecular formula is C25H30N8O4. The van der Waals surface area contributed by atoms with Crippen molar-refractivity contribution in [3.63, 3.8) is 0 Å². The van der Waals surface area contributed by atoms with E-state index in [0.29, 0.717) is 48.2 Å². The van der Waals surface area contributed by atoms with Crippen molar-refractivity contribution in [1.82, 2.24) is 35.0 Å². The van der Waals surface area contributed by atoms with Crippen LogP contribution in [0.25, 0.3) is 11.5 Å². The van der Waals surface area contributed by atoms with Crippen LogP contribution in [0.5, 0.6) is 5.75 Å². The molecular weight excluding hydrogens is 476 g/mol. The third-order valence-electron chi connectivity index (χ3n) is 6.82. The largest absolute Gasteiger partial charge is 0.496 e. The number of aliphatic hydroxyl groups excluding tert-OH is 1. The number of nitrogens with zero attached hydrogens (tertiary/aromatic N) is 7. The van der Waals surface area contributed by atoms with Crippen LogP contribution in [0.4, 0.5) is 10.6 Å². The van der Waals surface area contributed by atoms with Crippen LogP contribution < -0.4 is 10.1 Å². The van der Waals surface area contributed by atoms with Gasteiger partial charge in [0, 0.05) is 26.2 Å². The minimum atomic E-state index is -0.379. The normalized spacial score (nSPS) is 15.9. The van der Waals surface area contributed by atoms with E-state index in [2.05, 4.69) is 25.8 Å². The van der Waals surface area contributed by atoms with Crippen LogP contribution >= 0.6 is 0 Å². The van der Waals surface area contributed by atoms with Crippen LogP contribution in [0, 0.1) is 0 Å². The molecule has 0 spiro atoms. The van der Waals surface area contributed by atoms with Gasteiger partial charge in [0.25, 0.3) is 5.91 Å². The summed E-state index contributed by atoms with van der Waals surface area (Å²) in [6.07, 6.45) is 2.79. The summed E-state index contributed by atoms with van der Waals surface area (Å²) in [5.41, 5.74) is 2.83. The lowest BCUT2D eigenvalue weighted by Gasteiger charge is -2.32. The number of nitrogens with one attached hydrogen (secondary N) is 1. The maximum atomic E-state index is 13.3. The maximum absolute atomic E-state index is 13.3. The number of benzene rings is 1. The average molecular weight is 507 g/mol. The second kappa shape index (κ2) is 10.5. The summed E-state index contributed by atoms with van der Waals surface area (Å²) in [5.74, 6) is 0.786. The Hall–Kier alpha value is -4.06. The van der Waals surface area contributed by atoms with Gasteiger partial charge in [0.05, 0.1) is 25.3 Å². The quantitative estimate of drug-likeness (QED) is 0.518. The highest BCUT2D eigenvalue weighted by Gasteiger charge is 2.28. The van der Waals surface area contributed by atoms with Crippen molar-refractivity contribution in [3.8, 4) is 17.3 Å². The van der Waals surface area contributed by atoms with Gasteiger partial charge < -0.3 is 25.0 Å². The standard InChI is InChI=1S/C25H30N8O4/c1-16(15-34)33-23(28-29-30-33)20-6-5-7-22(26-20)27-24(35)19-12-18-14-32(25(36)31-9-3-4-10-31)11-8-17(18)13-21(19)37-2/h5-7,12-13,16,34H,3-4,8-11,14-15H2,1-2H3,(H,26,27,35)/t16-/m1/s1. The average Bonchev–Trinajstić information content (AvgIpc) is 3.64. The van der Waals surface area contributed by atoms with Crippen LogP contribution in [-0.2, 0) is 13.0 Å². The zero-order valence-electron chi connectivity index (χ0n) is 20.9. The van der Waals surface area contributed by atoms with Gasteiger partial charge in [0.2, 0.25) is 5.82 Å². The highest BCUT2D eigenvalue weighted by atomic mass is 16.5. The van der Waals surface area contributed by atoms with Crippen molar-refractivity contribution >= 4 is 17.8 Å². The Morgan fingerprint density at radius 3 is 2.70 bits per heavy atom. The Morgan fingerprint density at radius 2 is 1.95 bits per heavy atom. The van der Waals surface area contributed by atoms with E-state index >= 15 is 0 Å². The van der Waals surface area contributed by atoms with E-state index < -0.39 is 0 Å². The summed E-state index contributed by atoms with van der Waals surface area (Å²) in [4.78, 5) is 34.5. The van der Waals surface area contributed by atoms with E-state index in [9.17, 15) is 14.7 Å². The lowest BCUT2D eigenvalue weighted by Crippen LogP contribution is -2.44. The number of amides is 3. The van der Waals surface area contributed by atoms with Crippen LogP contribution in [0.3, 0.4) is 0 Å². The molecule has 0 bridgehead atoms.